The Bertz CT molecular complexity index is 877. The van der Waals surface area contributed by atoms with Crippen LogP contribution >= 0.6 is 11.3 Å². The van der Waals surface area contributed by atoms with Crippen LogP contribution in [0.15, 0.2) is 66.2 Å². The first-order valence-electron chi connectivity index (χ1n) is 8.75. The summed E-state index contributed by atoms with van der Waals surface area (Å²) in [6.45, 7) is 3.45. The fraction of sp³-hybridized carbons (Fsp3) is 0.238. The number of rotatable bonds is 3. The van der Waals surface area contributed by atoms with Gasteiger partial charge in [0, 0.05) is 30.4 Å². The minimum Gasteiger partial charge on any atom is -0.323 e. The summed E-state index contributed by atoms with van der Waals surface area (Å²) in [5, 5.41) is 6.09. The molecule has 0 radical (unpaired) electrons. The Morgan fingerprint density at radius 2 is 1.92 bits per heavy atom. The molecule has 1 N–H and O–H groups in total. The normalized spacial score (nSPS) is 19.5. The molecule has 0 saturated carbocycles. The number of nitrogens with one attached hydrogen (secondary N) is 1. The average Bonchev–Trinajstić information content (AvgIpc) is 3.34. The largest absolute Gasteiger partial charge is 0.323 e. The Hall–Kier alpha value is -2.66. The van der Waals surface area contributed by atoms with Crippen LogP contribution in [0.2, 0.25) is 0 Å². The first-order chi connectivity index (χ1) is 12.7. The lowest BCUT2D eigenvalue weighted by Crippen LogP contribution is -2.37. The molecular formula is C21H21N3OS. The molecule has 1 atom stereocenters. The van der Waals surface area contributed by atoms with Gasteiger partial charge in [0.1, 0.15) is 5.01 Å². The molecule has 4 rings (SSSR count). The Morgan fingerprint density at radius 1 is 1.15 bits per heavy atom. The van der Waals surface area contributed by atoms with Gasteiger partial charge < -0.3 is 10.2 Å². The van der Waals surface area contributed by atoms with E-state index in [1.54, 1.807) is 11.3 Å². The topological polar surface area (TPSA) is 45.2 Å². The van der Waals surface area contributed by atoms with Crippen molar-refractivity contribution in [1.82, 2.24) is 9.88 Å². The number of aryl methyl sites for hydroxylation is 1. The monoisotopic (exact) mass is 363 g/mol. The highest BCUT2D eigenvalue weighted by atomic mass is 32.1. The quantitative estimate of drug-likeness (QED) is 0.735. The first kappa shape index (κ1) is 16.8. The second-order valence-corrected chi connectivity index (χ2v) is 7.65. The van der Waals surface area contributed by atoms with Crippen LogP contribution in [-0.4, -0.2) is 29.0 Å². The van der Waals surface area contributed by atoms with Crippen LogP contribution in [0.1, 0.15) is 22.6 Å². The molecule has 0 spiro atoms. The van der Waals surface area contributed by atoms with Crippen LogP contribution < -0.4 is 5.32 Å². The standard InChI is InChI=1S/C21H21N3OS/c1-16-7-9-17(10-8-16)21(19-22-12-14-26-19)11-13-24(15-21)20(25)23-18-5-3-2-4-6-18/h2-10,12,14H,11,13,15H2,1H3,(H,23,25)/t21-/m0/s1. The number of amides is 2. The lowest BCUT2D eigenvalue weighted by molar-refractivity contribution is 0.220. The van der Waals surface area contributed by atoms with E-state index in [9.17, 15) is 4.79 Å². The fourth-order valence-corrected chi connectivity index (χ4v) is 4.46. The van der Waals surface area contributed by atoms with Gasteiger partial charge in [-0.3, -0.25) is 0 Å². The third-order valence-electron chi connectivity index (χ3n) is 5.03. The summed E-state index contributed by atoms with van der Waals surface area (Å²) in [5.74, 6) is 0. The van der Waals surface area contributed by atoms with E-state index in [1.807, 2.05) is 46.8 Å². The summed E-state index contributed by atoms with van der Waals surface area (Å²) in [7, 11) is 0. The van der Waals surface area contributed by atoms with Crippen LogP contribution in [0.5, 0.6) is 0 Å². The van der Waals surface area contributed by atoms with Crippen molar-refractivity contribution in [3.05, 3.63) is 82.3 Å². The van der Waals surface area contributed by atoms with Gasteiger partial charge in [-0.1, -0.05) is 48.0 Å². The molecule has 2 amide bonds. The van der Waals surface area contributed by atoms with Gasteiger partial charge in [0.25, 0.3) is 0 Å². The van der Waals surface area contributed by atoms with Gasteiger partial charge in [-0.2, -0.15) is 0 Å². The molecule has 132 valence electrons. The number of aromatic nitrogens is 1. The molecule has 1 fully saturated rings. The van der Waals surface area contributed by atoms with E-state index in [4.69, 9.17) is 0 Å². The van der Waals surface area contributed by atoms with Crippen LogP contribution in [0.3, 0.4) is 0 Å². The van der Waals surface area contributed by atoms with Crippen molar-refractivity contribution in [2.24, 2.45) is 0 Å². The smallest absolute Gasteiger partial charge is 0.321 e. The van der Waals surface area contributed by atoms with Crippen LogP contribution in [-0.2, 0) is 5.41 Å². The van der Waals surface area contributed by atoms with Crippen molar-refractivity contribution in [3.63, 3.8) is 0 Å². The van der Waals surface area contributed by atoms with Crippen molar-refractivity contribution in [2.75, 3.05) is 18.4 Å². The van der Waals surface area contributed by atoms with Gasteiger partial charge in [0.15, 0.2) is 0 Å². The predicted molar refractivity (Wildman–Crippen MR) is 106 cm³/mol. The van der Waals surface area contributed by atoms with Crippen LogP contribution in [0.4, 0.5) is 10.5 Å². The van der Waals surface area contributed by atoms with Gasteiger partial charge in [-0.05, 0) is 31.0 Å². The summed E-state index contributed by atoms with van der Waals surface area (Å²) in [5.41, 5.74) is 3.06. The molecule has 3 aromatic rings. The Kier molecular flexibility index (Phi) is 4.47. The molecule has 2 aromatic carbocycles. The average molecular weight is 363 g/mol. The minimum absolute atomic E-state index is 0.0539. The summed E-state index contributed by atoms with van der Waals surface area (Å²) in [6, 6.07) is 18.2. The highest BCUT2D eigenvalue weighted by molar-refractivity contribution is 7.09. The van der Waals surface area contributed by atoms with Gasteiger partial charge in [-0.15, -0.1) is 11.3 Å². The van der Waals surface area contributed by atoms with Gasteiger partial charge in [-0.25, -0.2) is 9.78 Å². The zero-order chi connectivity index (χ0) is 18.0. The van der Waals surface area contributed by atoms with Crippen LogP contribution in [0.25, 0.3) is 0 Å². The second kappa shape index (κ2) is 6.92. The molecule has 5 heteroatoms. The summed E-state index contributed by atoms with van der Waals surface area (Å²) >= 11 is 1.67. The highest BCUT2D eigenvalue weighted by Crippen LogP contribution is 2.42. The predicted octanol–water partition coefficient (Wildman–Crippen LogP) is 4.68. The van der Waals surface area contributed by atoms with Crippen molar-refractivity contribution in [3.8, 4) is 0 Å². The molecule has 2 heterocycles. The molecular weight excluding hydrogens is 342 g/mol. The zero-order valence-corrected chi connectivity index (χ0v) is 15.5. The number of urea groups is 1. The molecule has 1 saturated heterocycles. The van der Waals surface area contributed by atoms with Gasteiger partial charge in [0.05, 0.1) is 5.41 Å². The Labute approximate surface area is 157 Å². The van der Waals surface area contributed by atoms with Crippen molar-refractivity contribution in [2.45, 2.75) is 18.8 Å². The molecule has 0 unspecified atom stereocenters. The summed E-state index contributed by atoms with van der Waals surface area (Å²) in [6.07, 6.45) is 2.73. The van der Waals surface area contributed by atoms with E-state index >= 15 is 0 Å². The van der Waals surface area contributed by atoms with Crippen molar-refractivity contribution < 1.29 is 4.79 Å². The number of anilines is 1. The molecule has 1 aromatic heterocycles. The molecule has 0 aliphatic carbocycles. The number of carbonyl (C=O) groups is 1. The highest BCUT2D eigenvalue weighted by Gasteiger charge is 2.44. The number of para-hydroxylation sites is 1. The second-order valence-electron chi connectivity index (χ2n) is 6.75. The number of likely N-dealkylation sites (tertiary alicyclic amines) is 1. The third kappa shape index (κ3) is 3.10. The maximum Gasteiger partial charge on any atom is 0.321 e. The molecule has 26 heavy (non-hydrogen) atoms. The van der Waals surface area contributed by atoms with Gasteiger partial charge >= 0.3 is 6.03 Å². The van der Waals surface area contributed by atoms with E-state index in [2.05, 4.69) is 41.5 Å². The zero-order valence-electron chi connectivity index (χ0n) is 14.7. The number of hydrogen-bond donors (Lipinski definition) is 1. The third-order valence-corrected chi connectivity index (χ3v) is 6.00. The lowest BCUT2D eigenvalue weighted by Gasteiger charge is -2.28. The Morgan fingerprint density at radius 3 is 2.62 bits per heavy atom. The minimum atomic E-state index is -0.226. The van der Waals surface area contributed by atoms with Crippen LogP contribution in [0, 0.1) is 6.92 Å². The van der Waals surface area contributed by atoms with E-state index < -0.39 is 0 Å². The lowest BCUT2D eigenvalue weighted by atomic mass is 9.80. The molecule has 1 aliphatic heterocycles. The SMILES string of the molecule is Cc1ccc([C@]2(c3nccs3)CCN(C(=O)Nc3ccccc3)C2)cc1. The Balaban J connectivity index is 1.61. The number of hydrogen-bond acceptors (Lipinski definition) is 3. The number of thiazole rings is 1. The number of carbonyl (C=O) groups excluding carboxylic acids is 1. The molecule has 1 aliphatic rings. The van der Waals surface area contributed by atoms with E-state index in [0.717, 1.165) is 17.1 Å². The van der Waals surface area contributed by atoms with E-state index in [1.165, 1.54) is 11.1 Å². The van der Waals surface area contributed by atoms with Crippen molar-refractivity contribution >= 4 is 23.1 Å². The number of benzene rings is 2. The number of nitrogens with zero attached hydrogens (tertiary/aromatic N) is 2. The maximum atomic E-state index is 12.8. The van der Waals surface area contributed by atoms with Gasteiger partial charge in [0.2, 0.25) is 0 Å². The first-order valence-corrected chi connectivity index (χ1v) is 9.63. The molecule has 0 bridgehead atoms. The molecule has 4 nitrogen and oxygen atoms in total. The van der Waals surface area contributed by atoms with E-state index in [0.29, 0.717) is 13.1 Å². The van der Waals surface area contributed by atoms with E-state index in [-0.39, 0.29) is 11.4 Å². The van der Waals surface area contributed by atoms with Crippen molar-refractivity contribution in [1.29, 1.82) is 0 Å². The summed E-state index contributed by atoms with van der Waals surface area (Å²) < 4.78 is 0. The summed E-state index contributed by atoms with van der Waals surface area (Å²) in [4.78, 5) is 19.3. The maximum absolute atomic E-state index is 12.8. The fourth-order valence-electron chi connectivity index (χ4n) is 3.57.